The van der Waals surface area contributed by atoms with Crippen molar-refractivity contribution in [2.45, 2.75) is 11.3 Å². The molecule has 0 bridgehead atoms. The molecule has 0 aromatic carbocycles. The van der Waals surface area contributed by atoms with Crippen molar-refractivity contribution in [3.05, 3.63) is 5.51 Å². The lowest BCUT2D eigenvalue weighted by Gasteiger charge is -1.99. The molecule has 1 rings (SSSR count). The van der Waals surface area contributed by atoms with Gasteiger partial charge in [0.15, 0.2) is 5.51 Å². The van der Waals surface area contributed by atoms with E-state index in [0.717, 1.165) is 0 Å². The molecule has 0 saturated heterocycles. The van der Waals surface area contributed by atoms with E-state index in [-0.39, 0.29) is 0 Å². The quantitative estimate of drug-likeness (QED) is 0.592. The molecule has 0 aliphatic carbocycles. The van der Waals surface area contributed by atoms with Crippen molar-refractivity contribution in [1.29, 1.82) is 0 Å². The topological polar surface area (TPSA) is 48.8 Å². The van der Waals surface area contributed by atoms with Crippen LogP contribution in [0.2, 0.25) is 0 Å². The van der Waals surface area contributed by atoms with Crippen molar-refractivity contribution in [2.75, 3.05) is 5.75 Å². The van der Waals surface area contributed by atoms with Crippen molar-refractivity contribution in [2.24, 2.45) is 0 Å². The van der Waals surface area contributed by atoms with Crippen LogP contribution in [0.5, 0.6) is 0 Å². The number of hydrogen-bond acceptors (Lipinski definition) is 4. The average Bonchev–Trinajstić information content (AvgIpc) is 2.37. The molecular formula is C4H5N2OS2. The molecule has 1 heterocycles. The second-order valence-electron chi connectivity index (χ2n) is 1.29. The van der Waals surface area contributed by atoms with Crippen LogP contribution in [-0.2, 0) is 11.2 Å². The van der Waals surface area contributed by atoms with Crippen molar-refractivity contribution >= 4 is 22.5 Å². The Balaban J connectivity index is 2.65. The summed E-state index contributed by atoms with van der Waals surface area (Å²) in [5, 5.41) is 7.04. The highest BCUT2D eigenvalue weighted by Gasteiger charge is 2.10. The van der Waals surface area contributed by atoms with Gasteiger partial charge in [-0.3, -0.25) is 0 Å². The highest BCUT2D eigenvalue weighted by atomic mass is 32.2. The maximum Gasteiger partial charge on any atom is 0.322 e. The average molecular weight is 161 g/mol. The third-order valence-electron chi connectivity index (χ3n) is 0.762. The van der Waals surface area contributed by atoms with Gasteiger partial charge in [0.2, 0.25) is 0 Å². The summed E-state index contributed by atoms with van der Waals surface area (Å²) in [6.45, 7) is 1.84. The summed E-state index contributed by atoms with van der Waals surface area (Å²) in [6, 6.07) is 0. The molecule has 0 aliphatic rings. The lowest BCUT2D eigenvalue weighted by Crippen LogP contribution is -2.02. The second kappa shape index (κ2) is 3.14. The van der Waals surface area contributed by atoms with E-state index in [2.05, 4.69) is 15.7 Å². The second-order valence-corrected chi connectivity index (χ2v) is 3.98. The Morgan fingerprint density at radius 2 is 2.67 bits per heavy atom. The normalized spacial score (nSPS) is 13.6. The van der Waals surface area contributed by atoms with Crippen molar-refractivity contribution in [1.82, 2.24) is 10.2 Å². The molecule has 5 heteroatoms. The van der Waals surface area contributed by atoms with Gasteiger partial charge in [-0.2, -0.15) is 0 Å². The predicted molar refractivity (Wildman–Crippen MR) is 35.7 cm³/mol. The van der Waals surface area contributed by atoms with Gasteiger partial charge in [0.25, 0.3) is 0 Å². The van der Waals surface area contributed by atoms with Crippen LogP contribution >= 0.6 is 11.3 Å². The van der Waals surface area contributed by atoms with E-state index in [1.165, 1.54) is 11.3 Å². The van der Waals surface area contributed by atoms with Gasteiger partial charge in [-0.15, -0.1) is 5.10 Å². The van der Waals surface area contributed by atoms with Crippen molar-refractivity contribution < 1.29 is 4.55 Å². The Kier molecular flexibility index (Phi) is 2.44. The summed E-state index contributed by atoms with van der Waals surface area (Å²) in [5.41, 5.74) is 2.53. The largest absolute Gasteiger partial charge is 0.610 e. The summed E-state index contributed by atoms with van der Waals surface area (Å²) in [6.07, 6.45) is 0. The predicted octanol–water partition coefficient (Wildman–Crippen LogP) is 0.466. The van der Waals surface area contributed by atoms with Crippen LogP contribution < -0.4 is 0 Å². The van der Waals surface area contributed by atoms with Crippen molar-refractivity contribution in [3.63, 3.8) is 0 Å². The minimum absolute atomic E-state index is 0.567. The zero-order valence-corrected chi connectivity index (χ0v) is 6.46. The first-order chi connectivity index (χ1) is 4.34. The summed E-state index contributed by atoms with van der Waals surface area (Å²) < 4.78 is 11.4. The fraction of sp³-hybridized carbons (Fsp3) is 0.500. The maximum atomic E-state index is 10.9. The van der Waals surface area contributed by atoms with Crippen LogP contribution in [0.4, 0.5) is 0 Å². The SMILES string of the molecule is CC[S+]([O-])c1nn[c]s1. The monoisotopic (exact) mass is 161 g/mol. The standard InChI is InChI=1S/C4H5N2OS2/c1-2-9(7)4-6-5-3-8-4/h2H2,1H3. The molecule has 0 spiro atoms. The molecular weight excluding hydrogens is 156 g/mol. The van der Waals surface area contributed by atoms with Gasteiger partial charge in [0.1, 0.15) is 5.75 Å². The third kappa shape index (κ3) is 1.64. The van der Waals surface area contributed by atoms with E-state index in [9.17, 15) is 4.55 Å². The Morgan fingerprint density at radius 1 is 1.89 bits per heavy atom. The molecule has 0 saturated carbocycles. The fourth-order valence-electron chi connectivity index (χ4n) is 0.357. The molecule has 49 valence electrons. The lowest BCUT2D eigenvalue weighted by molar-refractivity contribution is 0.594. The summed E-state index contributed by atoms with van der Waals surface area (Å²) in [5.74, 6) is 0.600. The molecule has 0 N–H and O–H groups in total. The summed E-state index contributed by atoms with van der Waals surface area (Å²) in [7, 11) is 0. The number of rotatable bonds is 2. The van der Waals surface area contributed by atoms with E-state index in [4.69, 9.17) is 0 Å². The van der Waals surface area contributed by atoms with Gasteiger partial charge in [-0.1, -0.05) is 5.10 Å². The van der Waals surface area contributed by atoms with E-state index < -0.39 is 11.2 Å². The van der Waals surface area contributed by atoms with Gasteiger partial charge in [-0.25, -0.2) is 0 Å². The van der Waals surface area contributed by atoms with Crippen LogP contribution in [0.1, 0.15) is 6.92 Å². The Morgan fingerprint density at radius 3 is 3.11 bits per heavy atom. The molecule has 0 fully saturated rings. The van der Waals surface area contributed by atoms with Gasteiger partial charge >= 0.3 is 4.34 Å². The van der Waals surface area contributed by atoms with Crippen LogP contribution in [0, 0.1) is 5.51 Å². The summed E-state index contributed by atoms with van der Waals surface area (Å²) in [4.78, 5) is 0. The maximum absolute atomic E-state index is 10.9. The molecule has 0 amide bonds. The van der Waals surface area contributed by atoms with Crippen molar-refractivity contribution in [3.8, 4) is 0 Å². The van der Waals surface area contributed by atoms with Gasteiger partial charge < -0.3 is 4.55 Å². The van der Waals surface area contributed by atoms with Crippen LogP contribution in [0.3, 0.4) is 0 Å². The van der Waals surface area contributed by atoms with E-state index in [1.807, 2.05) is 6.92 Å². The fourth-order valence-corrected chi connectivity index (χ4v) is 1.81. The highest BCUT2D eigenvalue weighted by molar-refractivity contribution is 7.93. The number of aromatic nitrogens is 2. The molecule has 1 atom stereocenters. The van der Waals surface area contributed by atoms with E-state index in [1.54, 1.807) is 0 Å². The molecule has 1 aromatic heterocycles. The molecule has 1 aromatic rings. The van der Waals surface area contributed by atoms with Gasteiger partial charge in [0.05, 0.1) is 0 Å². The molecule has 9 heavy (non-hydrogen) atoms. The lowest BCUT2D eigenvalue weighted by atomic mass is 11.0. The molecule has 3 nitrogen and oxygen atoms in total. The van der Waals surface area contributed by atoms with Crippen LogP contribution in [0.25, 0.3) is 0 Å². The van der Waals surface area contributed by atoms with Crippen LogP contribution in [0.15, 0.2) is 4.34 Å². The van der Waals surface area contributed by atoms with Crippen LogP contribution in [-0.4, -0.2) is 20.5 Å². The Bertz CT molecular complexity index is 165. The molecule has 1 radical (unpaired) electrons. The number of hydrogen-bond donors (Lipinski definition) is 0. The summed E-state index contributed by atoms with van der Waals surface area (Å²) >= 11 is 0.263. The zero-order valence-electron chi connectivity index (χ0n) is 4.83. The van der Waals surface area contributed by atoms with E-state index >= 15 is 0 Å². The third-order valence-corrected chi connectivity index (χ3v) is 2.99. The molecule has 0 aliphatic heterocycles. The molecule has 1 unspecified atom stereocenters. The zero-order chi connectivity index (χ0) is 6.69. The first kappa shape index (κ1) is 6.98. The first-order valence-corrected chi connectivity index (χ1v) is 4.56. The van der Waals surface area contributed by atoms with Gasteiger partial charge in [-0.05, 0) is 18.3 Å². The minimum Gasteiger partial charge on any atom is -0.610 e. The van der Waals surface area contributed by atoms with Gasteiger partial charge in [0, 0.05) is 11.2 Å². The highest BCUT2D eigenvalue weighted by Crippen LogP contribution is 2.10. The Labute approximate surface area is 60.3 Å². The number of nitrogens with zero attached hydrogens (tertiary/aromatic N) is 2. The van der Waals surface area contributed by atoms with E-state index in [0.29, 0.717) is 10.1 Å². The Hall–Kier alpha value is -0.130. The smallest absolute Gasteiger partial charge is 0.322 e. The minimum atomic E-state index is -0.946. The first-order valence-electron chi connectivity index (χ1n) is 2.42.